The smallest absolute Gasteiger partial charge is 0.0807 e. The molecule has 0 amide bonds. The molecule has 3 heteroatoms. The normalized spacial score (nSPS) is 20.9. The molecule has 1 heterocycles. The van der Waals surface area contributed by atoms with E-state index in [4.69, 9.17) is 0 Å². The molecule has 1 fully saturated rings. The van der Waals surface area contributed by atoms with Crippen molar-refractivity contribution >= 4 is 17.4 Å². The Morgan fingerprint density at radius 1 is 1.32 bits per heavy atom. The van der Waals surface area contributed by atoms with E-state index in [-0.39, 0.29) is 6.10 Å². The van der Waals surface area contributed by atoms with Gasteiger partial charge in [0.25, 0.3) is 0 Å². The summed E-state index contributed by atoms with van der Waals surface area (Å²) in [5.74, 6) is 1.16. The molecule has 1 unspecified atom stereocenters. The summed E-state index contributed by atoms with van der Waals surface area (Å²) in [5, 5.41) is 10.2. The number of aliphatic hydroxyl groups excluding tert-OH is 1. The first kappa shape index (κ1) is 14.7. The van der Waals surface area contributed by atoms with Crippen molar-refractivity contribution in [3.8, 4) is 0 Å². The van der Waals surface area contributed by atoms with Gasteiger partial charge in [-0.3, -0.25) is 0 Å². The lowest BCUT2D eigenvalue weighted by Gasteiger charge is -2.27. The van der Waals surface area contributed by atoms with E-state index in [9.17, 15) is 5.11 Å². The Morgan fingerprint density at radius 2 is 2.05 bits per heavy atom. The number of rotatable bonds is 3. The lowest BCUT2D eigenvalue weighted by molar-refractivity contribution is 0.174. The Bertz CT molecular complexity index is 419. The Hall–Kier alpha value is -0.670. The minimum atomic E-state index is -0.347. The number of benzene rings is 1. The van der Waals surface area contributed by atoms with Crippen molar-refractivity contribution < 1.29 is 5.11 Å². The van der Waals surface area contributed by atoms with Crippen LogP contribution >= 0.6 is 11.8 Å². The quantitative estimate of drug-likeness (QED) is 0.909. The Kier molecular flexibility index (Phi) is 4.80. The van der Waals surface area contributed by atoms with Crippen LogP contribution in [0.1, 0.15) is 45.3 Å². The highest BCUT2D eigenvalue weighted by Gasteiger charge is 2.25. The van der Waals surface area contributed by atoms with Gasteiger partial charge in [-0.15, -0.1) is 0 Å². The van der Waals surface area contributed by atoms with Crippen molar-refractivity contribution in [2.75, 3.05) is 23.7 Å². The van der Waals surface area contributed by atoms with E-state index in [2.05, 4.69) is 48.7 Å². The molecule has 1 aliphatic rings. The molecule has 0 radical (unpaired) electrons. The van der Waals surface area contributed by atoms with Crippen LogP contribution in [0.15, 0.2) is 24.3 Å². The molecule has 0 aliphatic carbocycles. The van der Waals surface area contributed by atoms with Crippen molar-refractivity contribution in [2.45, 2.75) is 44.5 Å². The summed E-state index contributed by atoms with van der Waals surface area (Å²) in [6.45, 7) is 8.83. The zero-order valence-corrected chi connectivity index (χ0v) is 13.0. The molecule has 2 rings (SSSR count). The molecule has 0 spiro atoms. The average Bonchev–Trinajstić information content (AvgIpc) is 2.59. The topological polar surface area (TPSA) is 23.5 Å². The number of para-hydroxylation sites is 1. The van der Waals surface area contributed by atoms with Crippen LogP contribution in [0.25, 0.3) is 0 Å². The highest BCUT2D eigenvalue weighted by atomic mass is 32.2. The largest absolute Gasteiger partial charge is 0.388 e. The van der Waals surface area contributed by atoms with Crippen molar-refractivity contribution in [1.29, 1.82) is 0 Å². The van der Waals surface area contributed by atoms with E-state index in [1.54, 1.807) is 0 Å². The highest BCUT2D eigenvalue weighted by Crippen LogP contribution is 2.34. The minimum absolute atomic E-state index is 0.347. The summed E-state index contributed by atoms with van der Waals surface area (Å²) >= 11 is 2.06. The fourth-order valence-corrected chi connectivity index (χ4v) is 3.64. The lowest BCUT2D eigenvalue weighted by Crippen LogP contribution is -2.28. The summed E-state index contributed by atoms with van der Waals surface area (Å²) in [5.41, 5.74) is 2.30. The first-order valence-corrected chi connectivity index (χ1v) is 8.18. The summed E-state index contributed by atoms with van der Waals surface area (Å²) in [6.07, 6.45) is 1.61. The molecule has 0 bridgehead atoms. The van der Waals surface area contributed by atoms with Crippen LogP contribution in [-0.4, -0.2) is 28.7 Å². The van der Waals surface area contributed by atoms with Crippen LogP contribution in [0.5, 0.6) is 0 Å². The van der Waals surface area contributed by atoms with Gasteiger partial charge in [-0.05, 0) is 18.9 Å². The lowest BCUT2D eigenvalue weighted by atomic mass is 10.0. The third kappa shape index (κ3) is 3.67. The summed E-state index contributed by atoms with van der Waals surface area (Å²) < 4.78 is 0.368. The SMILES string of the molecule is CCC(O)c1ccccc1N1CCSC(C)(C)CC1. The summed E-state index contributed by atoms with van der Waals surface area (Å²) in [6, 6.07) is 8.31. The predicted molar refractivity (Wildman–Crippen MR) is 85.1 cm³/mol. The van der Waals surface area contributed by atoms with Crippen molar-refractivity contribution in [2.24, 2.45) is 0 Å². The number of hydrogen-bond acceptors (Lipinski definition) is 3. The predicted octanol–water partition coefficient (Wildman–Crippen LogP) is 3.85. The molecule has 0 saturated carbocycles. The first-order valence-electron chi connectivity index (χ1n) is 7.19. The molecule has 1 aromatic carbocycles. The van der Waals surface area contributed by atoms with E-state index in [0.29, 0.717) is 4.75 Å². The molecule has 1 N–H and O–H groups in total. The molecular weight excluding hydrogens is 254 g/mol. The number of thioether (sulfide) groups is 1. The Balaban J connectivity index is 2.22. The van der Waals surface area contributed by atoms with E-state index in [1.807, 2.05) is 13.0 Å². The molecule has 1 aliphatic heterocycles. The number of nitrogens with zero attached hydrogens (tertiary/aromatic N) is 1. The van der Waals surface area contributed by atoms with Gasteiger partial charge in [0.1, 0.15) is 0 Å². The van der Waals surface area contributed by atoms with Gasteiger partial charge in [0.2, 0.25) is 0 Å². The molecule has 1 saturated heterocycles. The van der Waals surface area contributed by atoms with Gasteiger partial charge in [-0.2, -0.15) is 11.8 Å². The van der Waals surface area contributed by atoms with Crippen LogP contribution in [-0.2, 0) is 0 Å². The Labute approximate surface area is 121 Å². The molecular formula is C16H25NOS. The highest BCUT2D eigenvalue weighted by molar-refractivity contribution is 8.00. The fraction of sp³-hybridized carbons (Fsp3) is 0.625. The van der Waals surface area contributed by atoms with Gasteiger partial charge in [-0.25, -0.2) is 0 Å². The van der Waals surface area contributed by atoms with Gasteiger partial charge in [0, 0.05) is 34.8 Å². The molecule has 106 valence electrons. The van der Waals surface area contributed by atoms with E-state index < -0.39 is 0 Å². The maximum atomic E-state index is 10.2. The van der Waals surface area contributed by atoms with Crippen LogP contribution in [0.3, 0.4) is 0 Å². The van der Waals surface area contributed by atoms with Crippen LogP contribution in [0, 0.1) is 0 Å². The zero-order chi connectivity index (χ0) is 13.9. The zero-order valence-electron chi connectivity index (χ0n) is 12.2. The van der Waals surface area contributed by atoms with Gasteiger partial charge < -0.3 is 10.0 Å². The molecule has 0 aromatic heterocycles. The van der Waals surface area contributed by atoms with Crippen LogP contribution < -0.4 is 4.90 Å². The summed E-state index contributed by atoms with van der Waals surface area (Å²) in [4.78, 5) is 2.44. The van der Waals surface area contributed by atoms with Crippen molar-refractivity contribution in [3.05, 3.63) is 29.8 Å². The standard InChI is InChI=1S/C16H25NOS/c1-4-15(18)13-7-5-6-8-14(13)17-10-9-16(2,3)19-12-11-17/h5-8,15,18H,4,9-12H2,1-3H3. The van der Waals surface area contributed by atoms with Gasteiger partial charge in [0.15, 0.2) is 0 Å². The molecule has 1 atom stereocenters. The maximum Gasteiger partial charge on any atom is 0.0807 e. The second-order valence-corrected chi connectivity index (χ2v) is 7.63. The Morgan fingerprint density at radius 3 is 2.79 bits per heavy atom. The van der Waals surface area contributed by atoms with E-state index >= 15 is 0 Å². The van der Waals surface area contributed by atoms with Gasteiger partial charge >= 0.3 is 0 Å². The molecule has 1 aromatic rings. The van der Waals surface area contributed by atoms with Crippen LogP contribution in [0.2, 0.25) is 0 Å². The second kappa shape index (κ2) is 6.19. The van der Waals surface area contributed by atoms with E-state index in [1.165, 1.54) is 12.1 Å². The first-order chi connectivity index (χ1) is 9.03. The third-order valence-electron chi connectivity index (χ3n) is 3.86. The second-order valence-electron chi connectivity index (χ2n) is 5.83. The van der Waals surface area contributed by atoms with Crippen LogP contribution in [0.4, 0.5) is 5.69 Å². The number of hydrogen-bond donors (Lipinski definition) is 1. The van der Waals surface area contributed by atoms with Crippen molar-refractivity contribution in [1.82, 2.24) is 0 Å². The molecule has 19 heavy (non-hydrogen) atoms. The van der Waals surface area contributed by atoms with Gasteiger partial charge in [-0.1, -0.05) is 39.0 Å². The van der Waals surface area contributed by atoms with Gasteiger partial charge in [0.05, 0.1) is 6.10 Å². The summed E-state index contributed by atoms with van der Waals surface area (Å²) in [7, 11) is 0. The third-order valence-corrected chi connectivity index (χ3v) is 5.23. The van der Waals surface area contributed by atoms with E-state index in [0.717, 1.165) is 30.8 Å². The number of aliphatic hydroxyl groups is 1. The number of anilines is 1. The molecule has 2 nitrogen and oxygen atoms in total. The monoisotopic (exact) mass is 279 g/mol. The fourth-order valence-electron chi connectivity index (χ4n) is 2.54. The minimum Gasteiger partial charge on any atom is -0.388 e. The van der Waals surface area contributed by atoms with Crippen molar-refractivity contribution in [3.63, 3.8) is 0 Å². The average molecular weight is 279 g/mol. The maximum absolute atomic E-state index is 10.2.